The van der Waals surface area contributed by atoms with Crippen LogP contribution in [-0.2, 0) is 13.0 Å². The molecule has 3 aromatic rings. The van der Waals surface area contributed by atoms with Crippen LogP contribution in [0.1, 0.15) is 21.6 Å². The summed E-state index contributed by atoms with van der Waals surface area (Å²) >= 11 is 5.85. The molecule has 0 radical (unpaired) electrons. The maximum atomic E-state index is 12.3. The van der Waals surface area contributed by atoms with Crippen LogP contribution in [0.4, 0.5) is 0 Å². The van der Waals surface area contributed by atoms with Crippen LogP contribution in [0.15, 0.2) is 42.6 Å². The number of nitrogens with one attached hydrogen (secondary N) is 1. The fraction of sp³-hybridized carbons (Fsp3) is 0.278. The fourth-order valence-electron chi connectivity index (χ4n) is 3.13. The molecule has 0 spiro atoms. The smallest absolute Gasteiger partial charge is 0.271 e. The average Bonchev–Trinajstić information content (AvgIpc) is 3.05. The molecule has 0 atom stereocenters. The molecule has 25 heavy (non-hydrogen) atoms. The Morgan fingerprint density at radius 2 is 2.04 bits per heavy atom. The number of carbonyl (C=O) groups is 1. The molecule has 0 saturated heterocycles. The van der Waals surface area contributed by atoms with E-state index in [9.17, 15) is 4.79 Å². The molecule has 2 aromatic heterocycles. The topological polar surface area (TPSA) is 62.5 Å². The number of carbonyl (C=O) groups excluding carboxylic acids is 1. The second-order valence-electron chi connectivity index (χ2n) is 6.14. The predicted octanol–water partition coefficient (Wildman–Crippen LogP) is 2.17. The highest BCUT2D eigenvalue weighted by Crippen LogP contribution is 2.17. The summed E-state index contributed by atoms with van der Waals surface area (Å²) in [7, 11) is 0. The Morgan fingerprint density at radius 3 is 2.92 bits per heavy atom. The quantitative estimate of drug-likeness (QED) is 0.779. The molecule has 1 aliphatic heterocycles. The van der Waals surface area contributed by atoms with Crippen molar-refractivity contribution in [2.75, 3.05) is 19.6 Å². The summed E-state index contributed by atoms with van der Waals surface area (Å²) in [6.45, 7) is 3.35. The first kappa shape index (κ1) is 16.1. The zero-order chi connectivity index (χ0) is 17.2. The average molecular weight is 356 g/mol. The fourth-order valence-corrected chi connectivity index (χ4v) is 3.28. The van der Waals surface area contributed by atoms with Crippen LogP contribution in [0.2, 0.25) is 5.15 Å². The Kier molecular flexibility index (Phi) is 4.38. The van der Waals surface area contributed by atoms with Crippen molar-refractivity contribution in [3.8, 4) is 0 Å². The summed E-state index contributed by atoms with van der Waals surface area (Å²) in [6, 6.07) is 11.9. The van der Waals surface area contributed by atoms with E-state index in [-0.39, 0.29) is 5.91 Å². The van der Waals surface area contributed by atoms with Crippen LogP contribution in [0.25, 0.3) is 5.65 Å². The Morgan fingerprint density at radius 1 is 1.20 bits per heavy atom. The van der Waals surface area contributed by atoms with Crippen molar-refractivity contribution in [3.63, 3.8) is 0 Å². The molecule has 1 amide bonds. The third kappa shape index (κ3) is 3.50. The molecule has 0 bridgehead atoms. The first-order valence-corrected chi connectivity index (χ1v) is 8.66. The number of benzene rings is 1. The van der Waals surface area contributed by atoms with Crippen molar-refractivity contribution in [1.82, 2.24) is 24.8 Å². The summed E-state index contributed by atoms with van der Waals surface area (Å²) in [5.74, 6) is -0.195. The van der Waals surface area contributed by atoms with Gasteiger partial charge in [0, 0.05) is 26.2 Å². The van der Waals surface area contributed by atoms with Crippen molar-refractivity contribution in [2.45, 2.75) is 13.0 Å². The van der Waals surface area contributed by atoms with E-state index in [4.69, 9.17) is 11.6 Å². The third-order valence-corrected chi connectivity index (χ3v) is 4.65. The Hall–Kier alpha value is -2.44. The van der Waals surface area contributed by atoms with Crippen molar-refractivity contribution in [1.29, 1.82) is 0 Å². The zero-order valence-electron chi connectivity index (χ0n) is 13.7. The minimum absolute atomic E-state index is 0.195. The molecule has 0 fully saturated rings. The van der Waals surface area contributed by atoms with Crippen LogP contribution in [0, 0.1) is 0 Å². The molecule has 6 nitrogen and oxygen atoms in total. The number of nitrogens with zero attached hydrogens (tertiary/aromatic N) is 4. The Bertz CT molecular complexity index is 923. The van der Waals surface area contributed by atoms with Crippen LogP contribution >= 0.6 is 11.6 Å². The number of amides is 1. The maximum absolute atomic E-state index is 12.3. The lowest BCUT2D eigenvalue weighted by Gasteiger charge is -2.28. The van der Waals surface area contributed by atoms with E-state index < -0.39 is 0 Å². The van der Waals surface area contributed by atoms with Gasteiger partial charge in [-0.3, -0.25) is 9.69 Å². The van der Waals surface area contributed by atoms with E-state index in [1.165, 1.54) is 15.6 Å². The normalized spacial score (nSPS) is 14.4. The van der Waals surface area contributed by atoms with E-state index >= 15 is 0 Å². The van der Waals surface area contributed by atoms with Gasteiger partial charge in [-0.2, -0.15) is 5.10 Å². The molecule has 1 aliphatic rings. The number of halogens is 1. The van der Waals surface area contributed by atoms with Gasteiger partial charge in [-0.15, -0.1) is 0 Å². The van der Waals surface area contributed by atoms with Crippen molar-refractivity contribution in [2.24, 2.45) is 0 Å². The number of fused-ring (bicyclic) bond motifs is 2. The van der Waals surface area contributed by atoms with Gasteiger partial charge < -0.3 is 5.32 Å². The molecule has 4 rings (SSSR count). The number of hydrogen-bond donors (Lipinski definition) is 1. The van der Waals surface area contributed by atoms with Crippen molar-refractivity contribution < 1.29 is 4.79 Å². The van der Waals surface area contributed by atoms with Gasteiger partial charge in [0.1, 0.15) is 10.8 Å². The SMILES string of the molecule is O=C(NCCN1CCc2ccccc2C1)c1cn2nc(Cl)ccc2n1. The summed E-state index contributed by atoms with van der Waals surface area (Å²) in [5, 5.41) is 7.38. The molecule has 0 aliphatic carbocycles. The number of aromatic nitrogens is 3. The van der Waals surface area contributed by atoms with Gasteiger partial charge in [0.15, 0.2) is 5.65 Å². The zero-order valence-corrected chi connectivity index (χ0v) is 14.4. The van der Waals surface area contributed by atoms with E-state index in [0.717, 1.165) is 26.1 Å². The lowest BCUT2D eigenvalue weighted by Crippen LogP contribution is -2.37. The maximum Gasteiger partial charge on any atom is 0.271 e. The van der Waals surface area contributed by atoms with E-state index in [2.05, 4.69) is 44.6 Å². The van der Waals surface area contributed by atoms with Crippen LogP contribution in [-0.4, -0.2) is 45.0 Å². The van der Waals surface area contributed by atoms with E-state index in [1.807, 2.05) is 0 Å². The van der Waals surface area contributed by atoms with Crippen molar-refractivity contribution >= 4 is 23.2 Å². The molecule has 7 heteroatoms. The molecule has 0 saturated carbocycles. The van der Waals surface area contributed by atoms with Gasteiger partial charge in [-0.05, 0) is 29.7 Å². The molecule has 3 heterocycles. The molecule has 1 N–H and O–H groups in total. The lowest BCUT2D eigenvalue weighted by atomic mass is 10.00. The third-order valence-electron chi connectivity index (χ3n) is 4.44. The van der Waals surface area contributed by atoms with Gasteiger partial charge in [0.25, 0.3) is 5.91 Å². The number of rotatable bonds is 4. The molecule has 1 aromatic carbocycles. The highest BCUT2D eigenvalue weighted by atomic mass is 35.5. The first-order valence-electron chi connectivity index (χ1n) is 8.28. The van der Waals surface area contributed by atoms with Crippen LogP contribution in [0.3, 0.4) is 0 Å². The Balaban J connectivity index is 1.33. The first-order chi connectivity index (χ1) is 12.2. The summed E-state index contributed by atoms with van der Waals surface area (Å²) < 4.78 is 1.51. The summed E-state index contributed by atoms with van der Waals surface area (Å²) in [4.78, 5) is 18.9. The Labute approximate surface area is 150 Å². The molecule has 0 unspecified atom stereocenters. The highest BCUT2D eigenvalue weighted by Gasteiger charge is 2.16. The van der Waals surface area contributed by atoms with E-state index in [0.29, 0.717) is 23.0 Å². The van der Waals surface area contributed by atoms with Gasteiger partial charge in [-0.25, -0.2) is 9.50 Å². The minimum Gasteiger partial charge on any atom is -0.349 e. The van der Waals surface area contributed by atoms with Crippen LogP contribution < -0.4 is 5.32 Å². The summed E-state index contributed by atoms with van der Waals surface area (Å²) in [6.07, 6.45) is 2.65. The molecule has 128 valence electrons. The van der Waals surface area contributed by atoms with Crippen molar-refractivity contribution in [3.05, 3.63) is 64.6 Å². The standard InChI is InChI=1S/C18H18ClN5O/c19-16-5-6-17-21-15(12-24(17)22-16)18(25)20-8-10-23-9-7-13-3-1-2-4-14(13)11-23/h1-6,12H,7-11H2,(H,20,25). The largest absolute Gasteiger partial charge is 0.349 e. The second-order valence-corrected chi connectivity index (χ2v) is 6.52. The second kappa shape index (κ2) is 6.82. The molecular formula is C18H18ClN5O. The monoisotopic (exact) mass is 355 g/mol. The van der Waals surface area contributed by atoms with Gasteiger partial charge in [0.2, 0.25) is 0 Å². The predicted molar refractivity (Wildman–Crippen MR) is 95.8 cm³/mol. The minimum atomic E-state index is -0.195. The molecular weight excluding hydrogens is 338 g/mol. The number of imidazole rings is 1. The van der Waals surface area contributed by atoms with Gasteiger partial charge >= 0.3 is 0 Å². The van der Waals surface area contributed by atoms with Crippen LogP contribution in [0.5, 0.6) is 0 Å². The van der Waals surface area contributed by atoms with E-state index in [1.54, 1.807) is 18.3 Å². The van der Waals surface area contributed by atoms with Gasteiger partial charge in [0.05, 0.1) is 6.20 Å². The number of hydrogen-bond acceptors (Lipinski definition) is 4. The highest BCUT2D eigenvalue weighted by molar-refractivity contribution is 6.29. The summed E-state index contributed by atoms with van der Waals surface area (Å²) in [5.41, 5.74) is 3.75. The van der Waals surface area contributed by atoms with Gasteiger partial charge in [-0.1, -0.05) is 35.9 Å². The lowest BCUT2D eigenvalue weighted by molar-refractivity contribution is 0.0943.